The summed E-state index contributed by atoms with van der Waals surface area (Å²) in [6.45, 7) is 0.696. The smallest absolute Gasteiger partial charge is 0.414 e. The minimum absolute atomic E-state index is 0.164. The number of nitrogens with zero attached hydrogens (tertiary/aromatic N) is 9. The first-order valence-corrected chi connectivity index (χ1v) is 8.83. The Labute approximate surface area is 163 Å². The molecule has 1 N–H and O–H groups in total. The van der Waals surface area contributed by atoms with Crippen molar-refractivity contribution in [2.24, 2.45) is 7.05 Å². The molecule has 3 aromatic rings. The SMILES string of the molecule is Cn1nnc(N2Cc3nc(-c4ccc(N5C[C@H](CO)OC5=O)cc4F)nn3C2)n1. The van der Waals surface area contributed by atoms with E-state index < -0.39 is 18.0 Å². The summed E-state index contributed by atoms with van der Waals surface area (Å²) in [6.07, 6.45) is -1.23. The number of ether oxygens (including phenoxy) is 1. The van der Waals surface area contributed by atoms with Crippen molar-refractivity contribution in [2.45, 2.75) is 19.3 Å². The Bertz CT molecular complexity index is 1070. The van der Waals surface area contributed by atoms with Gasteiger partial charge in [0.15, 0.2) is 5.82 Å². The van der Waals surface area contributed by atoms with E-state index in [0.29, 0.717) is 30.7 Å². The van der Waals surface area contributed by atoms with Crippen LogP contribution in [0.25, 0.3) is 11.4 Å². The van der Waals surface area contributed by atoms with Crippen molar-refractivity contribution >= 4 is 17.7 Å². The van der Waals surface area contributed by atoms with Gasteiger partial charge in [0.25, 0.3) is 5.95 Å². The molecular formula is C16H16FN9O3. The molecule has 1 saturated heterocycles. The Morgan fingerprint density at radius 1 is 1.34 bits per heavy atom. The van der Waals surface area contributed by atoms with Crippen molar-refractivity contribution in [3.8, 4) is 11.4 Å². The highest BCUT2D eigenvalue weighted by Gasteiger charge is 2.32. The normalized spacial score (nSPS) is 18.4. The summed E-state index contributed by atoms with van der Waals surface area (Å²) in [5.41, 5.74) is 0.574. The average molecular weight is 401 g/mol. The van der Waals surface area contributed by atoms with E-state index >= 15 is 0 Å². The fraction of sp³-hybridized carbons (Fsp3) is 0.375. The van der Waals surface area contributed by atoms with E-state index in [-0.39, 0.29) is 24.5 Å². The number of benzene rings is 1. The number of hydrogen-bond acceptors (Lipinski definition) is 9. The van der Waals surface area contributed by atoms with E-state index in [1.807, 2.05) is 4.90 Å². The maximum atomic E-state index is 14.7. The molecule has 5 rings (SSSR count). The lowest BCUT2D eigenvalue weighted by Gasteiger charge is -2.13. The van der Waals surface area contributed by atoms with Crippen molar-refractivity contribution < 1.29 is 19.0 Å². The largest absolute Gasteiger partial charge is 0.441 e. The van der Waals surface area contributed by atoms with Gasteiger partial charge in [-0.3, -0.25) is 4.90 Å². The predicted molar refractivity (Wildman–Crippen MR) is 95.1 cm³/mol. The molecule has 12 nitrogen and oxygen atoms in total. The molecule has 0 radical (unpaired) electrons. The summed E-state index contributed by atoms with van der Waals surface area (Å²) in [6, 6.07) is 4.36. The summed E-state index contributed by atoms with van der Waals surface area (Å²) < 4.78 is 21.4. The van der Waals surface area contributed by atoms with E-state index in [1.165, 1.54) is 21.8 Å². The molecule has 0 spiro atoms. The van der Waals surface area contributed by atoms with Crippen molar-refractivity contribution in [1.29, 1.82) is 0 Å². The van der Waals surface area contributed by atoms with E-state index in [1.54, 1.807) is 17.8 Å². The monoisotopic (exact) mass is 401 g/mol. The van der Waals surface area contributed by atoms with E-state index in [0.717, 1.165) is 0 Å². The van der Waals surface area contributed by atoms with E-state index in [2.05, 4.69) is 25.5 Å². The molecule has 29 heavy (non-hydrogen) atoms. The van der Waals surface area contributed by atoms with Gasteiger partial charge >= 0.3 is 6.09 Å². The molecule has 4 heterocycles. The number of hydrogen-bond donors (Lipinski definition) is 1. The Balaban J connectivity index is 1.36. The summed E-state index contributed by atoms with van der Waals surface area (Å²) in [5, 5.41) is 25.4. The van der Waals surface area contributed by atoms with Crippen LogP contribution in [0.2, 0.25) is 0 Å². The van der Waals surface area contributed by atoms with Gasteiger partial charge in [0.1, 0.15) is 24.4 Å². The van der Waals surface area contributed by atoms with E-state index in [9.17, 15) is 9.18 Å². The lowest BCUT2D eigenvalue weighted by Crippen LogP contribution is -2.25. The molecule has 1 fully saturated rings. The van der Waals surface area contributed by atoms with Gasteiger partial charge in [-0.25, -0.2) is 18.9 Å². The first kappa shape index (κ1) is 17.5. The number of rotatable bonds is 4. The van der Waals surface area contributed by atoms with Crippen molar-refractivity contribution in [3.05, 3.63) is 29.8 Å². The first-order chi connectivity index (χ1) is 14.0. The van der Waals surface area contributed by atoms with Crippen LogP contribution in [-0.2, 0) is 25.0 Å². The molecule has 0 unspecified atom stereocenters. The molecule has 0 bridgehead atoms. The van der Waals surface area contributed by atoms with Crippen LogP contribution in [-0.4, -0.2) is 65.4 Å². The second-order valence-electron chi connectivity index (χ2n) is 6.73. The number of anilines is 2. The molecule has 1 aromatic carbocycles. The molecule has 150 valence electrons. The fourth-order valence-corrected chi connectivity index (χ4v) is 3.32. The summed E-state index contributed by atoms with van der Waals surface area (Å²) in [5.74, 6) is 0.827. The molecule has 1 atom stereocenters. The molecule has 1 amide bonds. The van der Waals surface area contributed by atoms with Crippen LogP contribution in [0.15, 0.2) is 18.2 Å². The number of aliphatic hydroxyl groups excluding tert-OH is 1. The number of tetrazole rings is 1. The van der Waals surface area contributed by atoms with Gasteiger partial charge in [-0.05, 0) is 23.4 Å². The van der Waals surface area contributed by atoms with Crippen LogP contribution >= 0.6 is 0 Å². The van der Waals surface area contributed by atoms with Gasteiger partial charge in [-0.15, -0.1) is 10.2 Å². The first-order valence-electron chi connectivity index (χ1n) is 8.83. The number of cyclic esters (lactones) is 1. The standard InChI is InChI=1S/C16H16FN9O3/c1-23-21-15(19-22-23)24-6-13-18-14(20-26(13)8-24)11-3-2-9(4-12(11)17)25-5-10(7-27)29-16(25)28/h2-4,10,27H,5-8H2,1H3/t10-/m1/s1. The third kappa shape index (κ3) is 2.95. The third-order valence-corrected chi connectivity index (χ3v) is 4.75. The van der Waals surface area contributed by atoms with Crippen LogP contribution in [0.1, 0.15) is 5.82 Å². The maximum absolute atomic E-state index is 14.7. The van der Waals surface area contributed by atoms with Crippen LogP contribution < -0.4 is 9.80 Å². The van der Waals surface area contributed by atoms with E-state index in [4.69, 9.17) is 9.84 Å². The van der Waals surface area contributed by atoms with Crippen LogP contribution in [0, 0.1) is 5.82 Å². The summed E-state index contributed by atoms with van der Waals surface area (Å²) in [4.78, 5) is 20.8. The zero-order valence-electron chi connectivity index (χ0n) is 15.3. The maximum Gasteiger partial charge on any atom is 0.414 e. The lowest BCUT2D eigenvalue weighted by molar-refractivity contribution is 0.0963. The Kier molecular flexibility index (Phi) is 3.91. The zero-order valence-corrected chi connectivity index (χ0v) is 15.3. The quantitative estimate of drug-likeness (QED) is 0.637. The van der Waals surface area contributed by atoms with Crippen molar-refractivity contribution in [1.82, 2.24) is 35.0 Å². The number of amides is 1. The molecule has 2 aliphatic rings. The van der Waals surface area contributed by atoms with Gasteiger partial charge in [-0.2, -0.15) is 4.80 Å². The minimum Gasteiger partial charge on any atom is -0.441 e. The van der Waals surface area contributed by atoms with Crippen molar-refractivity contribution in [2.75, 3.05) is 23.0 Å². The Morgan fingerprint density at radius 2 is 2.21 bits per heavy atom. The predicted octanol–water partition coefficient (Wildman–Crippen LogP) is -0.0971. The van der Waals surface area contributed by atoms with Crippen molar-refractivity contribution in [3.63, 3.8) is 0 Å². The third-order valence-electron chi connectivity index (χ3n) is 4.75. The number of carbonyl (C=O) groups excluding carboxylic acids is 1. The second kappa shape index (κ2) is 6.48. The zero-order chi connectivity index (χ0) is 20.1. The number of halogens is 1. The number of aryl methyl sites for hydroxylation is 1. The molecule has 0 aliphatic carbocycles. The van der Waals surface area contributed by atoms with Crippen LogP contribution in [0.3, 0.4) is 0 Å². The van der Waals surface area contributed by atoms with Gasteiger partial charge < -0.3 is 14.7 Å². The van der Waals surface area contributed by atoms with Gasteiger partial charge in [0.05, 0.1) is 38.0 Å². The molecule has 2 aromatic heterocycles. The highest BCUT2D eigenvalue weighted by atomic mass is 19.1. The highest BCUT2D eigenvalue weighted by Crippen LogP contribution is 2.29. The van der Waals surface area contributed by atoms with Gasteiger partial charge in [0.2, 0.25) is 0 Å². The highest BCUT2D eigenvalue weighted by molar-refractivity contribution is 5.90. The van der Waals surface area contributed by atoms with Gasteiger partial charge in [0, 0.05) is 0 Å². The van der Waals surface area contributed by atoms with Crippen LogP contribution in [0.5, 0.6) is 0 Å². The molecule has 2 aliphatic heterocycles. The lowest BCUT2D eigenvalue weighted by atomic mass is 10.1. The van der Waals surface area contributed by atoms with Gasteiger partial charge in [-0.1, -0.05) is 5.10 Å². The number of aromatic nitrogens is 7. The Morgan fingerprint density at radius 3 is 2.86 bits per heavy atom. The fourth-order valence-electron chi connectivity index (χ4n) is 3.32. The second-order valence-corrected chi connectivity index (χ2v) is 6.73. The topological polar surface area (TPSA) is 127 Å². The summed E-state index contributed by atoms with van der Waals surface area (Å²) in [7, 11) is 1.68. The minimum atomic E-state index is -0.618. The molecular weight excluding hydrogens is 385 g/mol. The van der Waals surface area contributed by atoms with Crippen LogP contribution in [0.4, 0.5) is 20.8 Å². The summed E-state index contributed by atoms with van der Waals surface area (Å²) >= 11 is 0. The molecule has 13 heteroatoms. The number of fused-ring (bicyclic) bond motifs is 1. The number of carbonyl (C=O) groups is 1. The number of aliphatic hydroxyl groups is 1. The molecule has 0 saturated carbocycles. The average Bonchev–Trinajstić information content (AvgIpc) is 3.44. The Hall–Kier alpha value is -3.61.